The normalized spacial score (nSPS) is 22.1. The van der Waals surface area contributed by atoms with Gasteiger partial charge in [-0.05, 0) is 44.4 Å². The molecule has 6 atom stereocenters. The Labute approximate surface area is 284 Å². The van der Waals surface area contributed by atoms with Gasteiger partial charge in [-0.3, -0.25) is 9.69 Å². The summed E-state index contributed by atoms with van der Waals surface area (Å²) in [6, 6.07) is 27.5. The summed E-state index contributed by atoms with van der Waals surface area (Å²) in [6.45, 7) is 11.9. The second kappa shape index (κ2) is 18.1. The van der Waals surface area contributed by atoms with Gasteiger partial charge in [-0.2, -0.15) is 0 Å². The minimum atomic E-state index is -0.863. The van der Waals surface area contributed by atoms with Crippen LogP contribution in [0.1, 0.15) is 50.8 Å². The third-order valence-corrected chi connectivity index (χ3v) is 8.17. The summed E-state index contributed by atoms with van der Waals surface area (Å²) in [7, 11) is 0. The Morgan fingerprint density at radius 1 is 0.792 bits per heavy atom. The number of ether oxygens (including phenoxy) is 4. The molecule has 0 aliphatic carbocycles. The molecule has 1 fully saturated rings. The molecule has 0 spiro atoms. The maximum absolute atomic E-state index is 13.7. The molecule has 9 heteroatoms. The SMILES string of the molecule is C=CCN1[C@@H](CC(=O)N[C@@H](C)C(=O)OC(C)(C)C)[C@H](OCc2ccccc2)[C@@H](OCc2ccccc2)[C@H](OCc2ccccc2)[C@@H]1CO. The number of benzene rings is 3. The van der Waals surface area contributed by atoms with Crippen LogP contribution in [0.15, 0.2) is 104 Å². The largest absolute Gasteiger partial charge is 0.458 e. The maximum atomic E-state index is 13.7. The molecule has 3 aromatic rings. The lowest BCUT2D eigenvalue weighted by Crippen LogP contribution is -2.69. The molecule has 48 heavy (non-hydrogen) atoms. The zero-order valence-electron chi connectivity index (χ0n) is 28.5. The molecule has 0 bridgehead atoms. The van der Waals surface area contributed by atoms with Crippen molar-refractivity contribution in [3.63, 3.8) is 0 Å². The van der Waals surface area contributed by atoms with E-state index in [1.807, 2.05) is 95.9 Å². The first-order valence-corrected chi connectivity index (χ1v) is 16.6. The predicted octanol–water partition coefficient (Wildman–Crippen LogP) is 5.21. The van der Waals surface area contributed by atoms with Gasteiger partial charge in [-0.15, -0.1) is 6.58 Å². The number of nitrogens with zero attached hydrogens (tertiary/aromatic N) is 1. The third-order valence-electron chi connectivity index (χ3n) is 8.17. The Hall–Kier alpha value is -3.86. The fraction of sp³-hybridized carbons (Fsp3) is 0.436. The van der Waals surface area contributed by atoms with E-state index in [1.165, 1.54) is 0 Å². The van der Waals surface area contributed by atoms with Crippen LogP contribution >= 0.6 is 0 Å². The molecule has 1 saturated heterocycles. The first-order chi connectivity index (χ1) is 23.1. The second-order valence-corrected chi connectivity index (χ2v) is 13.1. The van der Waals surface area contributed by atoms with Crippen LogP contribution in [-0.2, 0) is 48.4 Å². The molecule has 0 aromatic heterocycles. The van der Waals surface area contributed by atoms with Gasteiger partial charge in [0, 0.05) is 19.0 Å². The van der Waals surface area contributed by atoms with Crippen LogP contribution < -0.4 is 5.32 Å². The highest BCUT2D eigenvalue weighted by atomic mass is 16.6. The first kappa shape index (κ1) is 37.0. The number of aliphatic hydroxyl groups is 1. The molecule has 0 saturated carbocycles. The summed E-state index contributed by atoms with van der Waals surface area (Å²) in [6.07, 6.45) is -0.255. The van der Waals surface area contributed by atoms with E-state index in [0.717, 1.165) is 16.7 Å². The number of amides is 1. The number of nitrogens with one attached hydrogen (secondary N) is 1. The van der Waals surface area contributed by atoms with Crippen molar-refractivity contribution in [2.75, 3.05) is 13.2 Å². The quantitative estimate of drug-likeness (QED) is 0.160. The third kappa shape index (κ3) is 10.8. The molecule has 0 radical (unpaired) electrons. The summed E-state index contributed by atoms with van der Waals surface area (Å²) in [5, 5.41) is 13.7. The number of hydrogen-bond donors (Lipinski definition) is 2. The Morgan fingerprint density at radius 2 is 1.23 bits per heavy atom. The minimum absolute atomic E-state index is 0.0342. The standard InChI is InChI=1S/C39H50N2O7/c1-6-22-41-32(23-34(43)40-28(2)38(44)48-39(3,4)5)35(45-25-29-16-10-7-11-17-29)37(47-27-31-20-14-9-15-21-31)36(33(41)24-42)46-26-30-18-12-8-13-19-30/h6-21,28,32-33,35-37,42H,1,22-27H2,2-5H3,(H,40,43)/t28-,32-,33-,35-,36+,37+/m0/s1. The van der Waals surface area contributed by atoms with E-state index in [-0.39, 0.29) is 32.1 Å². The summed E-state index contributed by atoms with van der Waals surface area (Å²) >= 11 is 0. The number of aliphatic hydroxyl groups excluding tert-OH is 1. The summed E-state index contributed by atoms with van der Waals surface area (Å²) < 4.78 is 25.5. The maximum Gasteiger partial charge on any atom is 0.328 e. The van der Waals surface area contributed by atoms with Gasteiger partial charge in [0.15, 0.2) is 0 Å². The Balaban J connectivity index is 1.69. The molecule has 1 amide bonds. The van der Waals surface area contributed by atoms with Crippen LogP contribution in [0.5, 0.6) is 0 Å². The van der Waals surface area contributed by atoms with Crippen molar-refractivity contribution in [3.8, 4) is 0 Å². The van der Waals surface area contributed by atoms with Crippen molar-refractivity contribution >= 4 is 11.9 Å². The van der Waals surface area contributed by atoms with Crippen molar-refractivity contribution in [2.24, 2.45) is 0 Å². The summed E-state index contributed by atoms with van der Waals surface area (Å²) in [5.41, 5.74) is 2.21. The van der Waals surface area contributed by atoms with Crippen molar-refractivity contribution in [2.45, 2.75) is 96.0 Å². The number of likely N-dealkylation sites (tertiary alicyclic amines) is 1. The molecule has 3 aromatic carbocycles. The summed E-state index contributed by atoms with van der Waals surface area (Å²) in [4.78, 5) is 28.4. The van der Waals surface area contributed by atoms with Gasteiger partial charge in [-0.1, -0.05) is 97.1 Å². The van der Waals surface area contributed by atoms with Crippen LogP contribution in [0.4, 0.5) is 0 Å². The fourth-order valence-corrected chi connectivity index (χ4v) is 5.95. The lowest BCUT2D eigenvalue weighted by molar-refractivity contribution is -0.226. The lowest BCUT2D eigenvalue weighted by Gasteiger charge is -2.52. The highest BCUT2D eigenvalue weighted by Crippen LogP contribution is 2.34. The molecule has 2 N–H and O–H groups in total. The molecule has 9 nitrogen and oxygen atoms in total. The van der Waals surface area contributed by atoms with Crippen LogP contribution in [0.25, 0.3) is 0 Å². The lowest BCUT2D eigenvalue weighted by atomic mass is 9.85. The van der Waals surface area contributed by atoms with Crippen molar-refractivity contribution in [3.05, 3.63) is 120 Å². The molecule has 1 heterocycles. The molecule has 258 valence electrons. The van der Waals surface area contributed by atoms with Gasteiger partial charge in [0.1, 0.15) is 30.0 Å². The predicted molar refractivity (Wildman–Crippen MR) is 185 cm³/mol. The van der Waals surface area contributed by atoms with E-state index < -0.39 is 48.0 Å². The van der Waals surface area contributed by atoms with Crippen molar-refractivity contribution < 1.29 is 33.6 Å². The number of rotatable bonds is 16. The summed E-state index contributed by atoms with van der Waals surface area (Å²) in [5.74, 6) is -0.881. The Kier molecular flexibility index (Phi) is 13.9. The molecule has 1 aliphatic heterocycles. The second-order valence-electron chi connectivity index (χ2n) is 13.1. The van der Waals surface area contributed by atoms with Crippen molar-refractivity contribution in [1.82, 2.24) is 10.2 Å². The van der Waals surface area contributed by atoms with E-state index in [1.54, 1.807) is 33.8 Å². The van der Waals surface area contributed by atoms with Crippen LogP contribution in [0.3, 0.4) is 0 Å². The number of carbonyl (C=O) groups excluding carboxylic acids is 2. The average Bonchev–Trinajstić information content (AvgIpc) is 3.07. The molecule has 4 rings (SSSR count). The van der Waals surface area contributed by atoms with Crippen LogP contribution in [-0.4, -0.2) is 77.1 Å². The zero-order chi connectivity index (χ0) is 34.5. The van der Waals surface area contributed by atoms with Gasteiger partial charge in [0.2, 0.25) is 5.91 Å². The highest BCUT2D eigenvalue weighted by Gasteiger charge is 2.51. The molecule has 1 aliphatic rings. The average molecular weight is 659 g/mol. The van der Waals surface area contributed by atoms with E-state index in [2.05, 4.69) is 11.9 Å². The van der Waals surface area contributed by atoms with Gasteiger partial charge in [0.25, 0.3) is 0 Å². The van der Waals surface area contributed by atoms with E-state index >= 15 is 0 Å². The van der Waals surface area contributed by atoms with E-state index in [0.29, 0.717) is 13.2 Å². The molecule has 0 unspecified atom stereocenters. The fourth-order valence-electron chi connectivity index (χ4n) is 5.95. The smallest absolute Gasteiger partial charge is 0.328 e. The van der Waals surface area contributed by atoms with Crippen LogP contribution in [0, 0.1) is 0 Å². The van der Waals surface area contributed by atoms with E-state index in [9.17, 15) is 14.7 Å². The van der Waals surface area contributed by atoms with Gasteiger partial charge >= 0.3 is 5.97 Å². The van der Waals surface area contributed by atoms with Crippen LogP contribution in [0.2, 0.25) is 0 Å². The van der Waals surface area contributed by atoms with Gasteiger partial charge in [0.05, 0.1) is 32.5 Å². The highest BCUT2D eigenvalue weighted by molar-refractivity contribution is 5.84. The first-order valence-electron chi connectivity index (χ1n) is 16.6. The monoisotopic (exact) mass is 658 g/mol. The van der Waals surface area contributed by atoms with E-state index in [4.69, 9.17) is 18.9 Å². The Morgan fingerprint density at radius 3 is 1.65 bits per heavy atom. The number of piperidine rings is 1. The number of esters is 1. The molecular weight excluding hydrogens is 608 g/mol. The number of hydrogen-bond acceptors (Lipinski definition) is 8. The van der Waals surface area contributed by atoms with Gasteiger partial charge in [-0.25, -0.2) is 4.79 Å². The zero-order valence-corrected chi connectivity index (χ0v) is 28.5. The Bertz CT molecular complexity index is 1410. The minimum Gasteiger partial charge on any atom is -0.458 e. The van der Waals surface area contributed by atoms with Gasteiger partial charge < -0.3 is 29.4 Å². The molecular formula is C39H50N2O7. The topological polar surface area (TPSA) is 107 Å². The van der Waals surface area contributed by atoms with Crippen molar-refractivity contribution in [1.29, 1.82) is 0 Å². The number of carbonyl (C=O) groups is 2.